The molecule has 0 fully saturated rings. The minimum absolute atomic E-state index is 0.0399. The Kier molecular flexibility index (Phi) is 2.37. The van der Waals surface area contributed by atoms with Crippen LogP contribution in [0.5, 0.6) is 0 Å². The molecule has 0 amide bonds. The number of carbonyl (C=O) groups is 1. The van der Waals surface area contributed by atoms with Crippen LogP contribution < -0.4 is 0 Å². The van der Waals surface area contributed by atoms with Crippen LogP contribution in [0.2, 0.25) is 0 Å². The maximum absolute atomic E-state index is 10.5. The van der Waals surface area contributed by atoms with Crippen LogP contribution in [0.3, 0.4) is 0 Å². The van der Waals surface area contributed by atoms with E-state index in [1.165, 1.54) is 6.20 Å². The zero-order valence-electron chi connectivity index (χ0n) is 6.14. The van der Waals surface area contributed by atoms with Crippen molar-refractivity contribution in [3.05, 3.63) is 26.0 Å². The zero-order chi connectivity index (χ0) is 9.30. The van der Waals surface area contributed by atoms with Gasteiger partial charge in [0.05, 0.1) is 11.4 Å². The summed E-state index contributed by atoms with van der Waals surface area (Å²) in [6.07, 6.45) is 1.18. The number of carboxylic acids is 1. The predicted molar refractivity (Wildman–Crippen MR) is 51.6 cm³/mol. The van der Waals surface area contributed by atoms with Crippen molar-refractivity contribution in [2.75, 3.05) is 0 Å². The summed E-state index contributed by atoms with van der Waals surface area (Å²) in [6, 6.07) is -0.0399. The number of hydrogen-bond acceptors (Lipinski definition) is 2. The summed E-state index contributed by atoms with van der Waals surface area (Å²) in [7, 11) is 0. The summed E-state index contributed by atoms with van der Waals surface area (Å²) >= 11 is 5.00. The molecule has 3 nitrogen and oxygen atoms in total. The lowest BCUT2D eigenvalue weighted by atomic mass is 10.3. The molecule has 1 aromatic heterocycles. The van der Waals surface area contributed by atoms with E-state index < -0.39 is 5.97 Å². The smallest absolute Gasteiger partial charge is 0.337 e. The Hall–Kier alpha value is -0.170. The molecular formula is C6H3BrINO2. The first-order valence-corrected chi connectivity index (χ1v) is 4.45. The van der Waals surface area contributed by atoms with Gasteiger partial charge in [0.1, 0.15) is 3.70 Å². The molecule has 1 rings (SSSR count). The Morgan fingerprint density at radius 1 is 1.91 bits per heavy atom. The second-order valence-corrected chi connectivity index (χ2v) is 3.52. The number of aromatic nitrogens is 1. The summed E-state index contributed by atoms with van der Waals surface area (Å²) in [5.41, 5.74) is -0.0951. The highest BCUT2D eigenvalue weighted by Gasteiger charge is 2.05. The van der Waals surface area contributed by atoms with Gasteiger partial charge in [-0.1, -0.05) is 0 Å². The third kappa shape index (κ3) is 2.13. The molecule has 0 aliphatic heterocycles. The number of halogens is 2. The molecule has 0 radical (unpaired) electrons. The Balaban J connectivity index is 3.36. The van der Waals surface area contributed by atoms with Gasteiger partial charge in [-0.3, -0.25) is 0 Å². The molecular weight excluding hydrogens is 325 g/mol. The van der Waals surface area contributed by atoms with Gasteiger partial charge in [-0.2, -0.15) is 0 Å². The quantitative estimate of drug-likeness (QED) is 0.635. The monoisotopic (exact) mass is 328 g/mol. The maximum atomic E-state index is 10.5. The van der Waals surface area contributed by atoms with Crippen LogP contribution in [0.1, 0.15) is 11.7 Å². The first kappa shape index (κ1) is 7.48. The molecule has 0 aliphatic carbocycles. The Morgan fingerprint density at radius 3 is 3.09 bits per heavy atom. The summed E-state index contributed by atoms with van der Waals surface area (Å²) < 4.78 is 8.40. The molecule has 1 heterocycles. The lowest BCUT2D eigenvalue weighted by Crippen LogP contribution is -1.97. The predicted octanol–water partition coefficient (Wildman–Crippen LogP) is 2.15. The van der Waals surface area contributed by atoms with Crippen LogP contribution in [0.25, 0.3) is 0 Å². The second kappa shape index (κ2) is 3.48. The SMILES string of the molecule is [2H]c1c(C(=O)O)cnc(I)c1Br. The van der Waals surface area contributed by atoms with Crippen molar-refractivity contribution in [1.29, 1.82) is 0 Å². The van der Waals surface area contributed by atoms with Crippen molar-refractivity contribution in [2.45, 2.75) is 0 Å². The van der Waals surface area contributed by atoms with Crippen molar-refractivity contribution in [2.24, 2.45) is 0 Å². The van der Waals surface area contributed by atoms with Crippen molar-refractivity contribution in [3.8, 4) is 0 Å². The molecule has 1 aromatic rings. The van der Waals surface area contributed by atoms with Gasteiger partial charge in [-0.05, 0) is 44.6 Å². The highest BCUT2D eigenvalue weighted by atomic mass is 127. The first-order valence-electron chi connectivity index (χ1n) is 3.08. The first-order chi connectivity index (χ1) is 5.54. The van der Waals surface area contributed by atoms with Gasteiger partial charge in [-0.25, -0.2) is 9.78 Å². The van der Waals surface area contributed by atoms with E-state index in [0.29, 0.717) is 8.17 Å². The number of nitrogens with zero attached hydrogens (tertiary/aromatic N) is 1. The van der Waals surface area contributed by atoms with Crippen LogP contribution >= 0.6 is 38.5 Å². The van der Waals surface area contributed by atoms with Crippen molar-refractivity contribution < 1.29 is 11.3 Å². The minimum Gasteiger partial charge on any atom is -0.478 e. The van der Waals surface area contributed by atoms with Crippen LogP contribution in [0.4, 0.5) is 0 Å². The summed E-state index contributed by atoms with van der Waals surface area (Å²) in [4.78, 5) is 14.3. The lowest BCUT2D eigenvalue weighted by Gasteiger charge is -1.95. The van der Waals surface area contributed by atoms with E-state index in [2.05, 4.69) is 20.9 Å². The molecule has 58 valence electrons. The van der Waals surface area contributed by atoms with Crippen molar-refractivity contribution in [3.63, 3.8) is 0 Å². The highest BCUT2D eigenvalue weighted by molar-refractivity contribution is 14.1. The second-order valence-electron chi connectivity index (χ2n) is 1.71. The fourth-order valence-corrected chi connectivity index (χ4v) is 1.08. The number of rotatable bonds is 1. The van der Waals surface area contributed by atoms with Gasteiger partial charge in [0, 0.05) is 6.20 Å². The van der Waals surface area contributed by atoms with Gasteiger partial charge in [0.2, 0.25) is 0 Å². The molecule has 0 aromatic carbocycles. The molecule has 0 aliphatic rings. The number of pyridine rings is 1. The van der Waals surface area contributed by atoms with Gasteiger partial charge >= 0.3 is 5.97 Å². The number of hydrogen-bond donors (Lipinski definition) is 1. The van der Waals surface area contributed by atoms with Gasteiger partial charge in [0.25, 0.3) is 0 Å². The molecule has 1 N–H and O–H groups in total. The summed E-state index contributed by atoms with van der Waals surface area (Å²) in [5.74, 6) is -1.13. The van der Waals surface area contributed by atoms with E-state index in [0.717, 1.165) is 0 Å². The average molecular weight is 329 g/mol. The average Bonchev–Trinajstić information content (AvgIpc) is 2.00. The summed E-state index contributed by atoms with van der Waals surface area (Å²) in [6.45, 7) is 0. The molecule has 11 heavy (non-hydrogen) atoms. The number of carboxylic acid groups (broad SMARTS) is 1. The molecule has 5 heteroatoms. The normalized spacial score (nSPS) is 10.9. The molecule has 0 saturated carbocycles. The molecule has 0 bridgehead atoms. The third-order valence-corrected chi connectivity index (χ3v) is 3.10. The lowest BCUT2D eigenvalue weighted by molar-refractivity contribution is 0.0696. The third-order valence-electron chi connectivity index (χ3n) is 0.963. The maximum Gasteiger partial charge on any atom is 0.337 e. The Labute approximate surface area is 86.5 Å². The molecule has 0 spiro atoms. The Bertz CT molecular complexity index is 345. The van der Waals surface area contributed by atoms with E-state index in [4.69, 9.17) is 6.48 Å². The molecule has 0 unspecified atom stereocenters. The molecule has 0 saturated heterocycles. The Morgan fingerprint density at radius 2 is 2.55 bits per heavy atom. The van der Waals surface area contributed by atoms with Gasteiger partial charge < -0.3 is 5.11 Å². The molecule has 0 atom stereocenters. The van der Waals surface area contributed by atoms with Crippen LogP contribution in [-0.2, 0) is 0 Å². The van der Waals surface area contributed by atoms with E-state index in [1.807, 2.05) is 22.6 Å². The van der Waals surface area contributed by atoms with Gasteiger partial charge in [0.15, 0.2) is 0 Å². The minimum atomic E-state index is -1.13. The van der Waals surface area contributed by atoms with E-state index in [9.17, 15) is 4.79 Å². The van der Waals surface area contributed by atoms with E-state index in [-0.39, 0.29) is 11.6 Å². The zero-order valence-corrected chi connectivity index (χ0v) is 8.88. The largest absolute Gasteiger partial charge is 0.478 e. The van der Waals surface area contributed by atoms with E-state index >= 15 is 0 Å². The van der Waals surface area contributed by atoms with E-state index in [1.54, 1.807) is 0 Å². The highest BCUT2D eigenvalue weighted by Crippen LogP contribution is 2.17. The van der Waals surface area contributed by atoms with Crippen molar-refractivity contribution in [1.82, 2.24) is 4.98 Å². The van der Waals surface area contributed by atoms with Crippen molar-refractivity contribution >= 4 is 44.5 Å². The number of aromatic carboxylic acids is 1. The summed E-state index contributed by atoms with van der Waals surface area (Å²) in [5, 5.41) is 8.60. The van der Waals surface area contributed by atoms with Gasteiger partial charge in [-0.15, -0.1) is 0 Å². The fourth-order valence-electron chi connectivity index (χ4n) is 0.489. The fraction of sp³-hybridized carbons (Fsp3) is 0. The van der Waals surface area contributed by atoms with Crippen LogP contribution in [0.15, 0.2) is 16.7 Å². The topological polar surface area (TPSA) is 50.2 Å². The standard InChI is InChI=1S/C6H3BrINO2/c7-4-1-3(6(10)11)2-9-5(4)8/h1-2H,(H,10,11)/i1D. The van der Waals surface area contributed by atoms with Crippen LogP contribution in [-0.4, -0.2) is 16.1 Å². The van der Waals surface area contributed by atoms with Crippen LogP contribution in [0, 0.1) is 3.70 Å².